The van der Waals surface area contributed by atoms with Gasteiger partial charge in [0.2, 0.25) is 0 Å². The van der Waals surface area contributed by atoms with Gasteiger partial charge in [-0.05, 0) is 24.3 Å². The molecule has 0 aliphatic heterocycles. The first-order chi connectivity index (χ1) is 13.0. The maximum absolute atomic E-state index is 13.8. The van der Waals surface area contributed by atoms with E-state index in [9.17, 15) is 13.6 Å². The Kier molecular flexibility index (Phi) is 4.43. The van der Waals surface area contributed by atoms with Crippen LogP contribution >= 0.6 is 0 Å². The van der Waals surface area contributed by atoms with Crippen molar-refractivity contribution in [2.45, 2.75) is 6.61 Å². The molecule has 0 aliphatic carbocycles. The van der Waals surface area contributed by atoms with Crippen molar-refractivity contribution in [3.63, 3.8) is 0 Å². The average molecular weight is 372 g/mol. The highest BCUT2D eigenvalue weighted by atomic mass is 19.1. The molecule has 8 heteroatoms. The van der Waals surface area contributed by atoms with Gasteiger partial charge < -0.3 is 18.9 Å². The van der Waals surface area contributed by atoms with Gasteiger partial charge in [-0.25, -0.2) is 13.8 Å². The summed E-state index contributed by atoms with van der Waals surface area (Å²) in [5.41, 5.74) is 0.493. The molecule has 6 nitrogen and oxygen atoms in total. The molecule has 0 bridgehead atoms. The number of benzene rings is 2. The molecule has 0 saturated heterocycles. The number of halogens is 2. The Morgan fingerprint density at radius 2 is 2.04 bits per heavy atom. The number of aromatic nitrogens is 2. The number of rotatable bonds is 5. The second-order valence-electron chi connectivity index (χ2n) is 5.92. The summed E-state index contributed by atoms with van der Waals surface area (Å²) in [7, 11) is 1.53. The van der Waals surface area contributed by atoms with E-state index in [0.717, 1.165) is 11.5 Å². The number of ether oxygens (including phenoxy) is 2. The minimum absolute atomic E-state index is 0.0489. The molecule has 27 heavy (non-hydrogen) atoms. The number of fused-ring (bicyclic) bond motifs is 2. The molecule has 2 heterocycles. The predicted molar refractivity (Wildman–Crippen MR) is 94.2 cm³/mol. The molecule has 138 valence electrons. The second-order valence-corrected chi connectivity index (χ2v) is 5.92. The third kappa shape index (κ3) is 3.32. The zero-order valence-electron chi connectivity index (χ0n) is 14.2. The Balaban J connectivity index is 1.76. The Morgan fingerprint density at radius 1 is 1.19 bits per heavy atom. The van der Waals surface area contributed by atoms with Crippen molar-refractivity contribution in [2.75, 3.05) is 13.9 Å². The van der Waals surface area contributed by atoms with Crippen LogP contribution in [0.2, 0.25) is 0 Å². The number of nitrogens with one attached hydrogen (secondary N) is 1. The molecule has 1 N–H and O–H groups in total. The fourth-order valence-electron chi connectivity index (χ4n) is 2.87. The topological polar surface area (TPSA) is 77.4 Å². The lowest BCUT2D eigenvalue weighted by molar-refractivity contribution is -0.0437. The highest BCUT2D eigenvalue weighted by Gasteiger charge is 2.13. The molecule has 0 radical (unpaired) electrons. The van der Waals surface area contributed by atoms with Crippen LogP contribution in [0.3, 0.4) is 0 Å². The van der Waals surface area contributed by atoms with Gasteiger partial charge in [-0.3, -0.25) is 4.79 Å². The van der Waals surface area contributed by atoms with E-state index < -0.39 is 17.2 Å². The number of H-pyrrole nitrogens is 1. The monoisotopic (exact) mass is 372 g/mol. The maximum Gasteiger partial charge on any atom is 0.262 e. The van der Waals surface area contributed by atoms with Gasteiger partial charge in [-0.15, -0.1) is 0 Å². The van der Waals surface area contributed by atoms with Crippen LogP contribution in [0.1, 0.15) is 5.76 Å². The minimum atomic E-state index is -0.948. The fraction of sp³-hybridized carbons (Fsp3) is 0.158. The van der Waals surface area contributed by atoms with E-state index in [4.69, 9.17) is 13.9 Å². The Hall–Kier alpha value is -3.10. The number of furan rings is 1. The molecule has 2 aromatic carbocycles. The van der Waals surface area contributed by atoms with E-state index in [2.05, 4.69) is 9.97 Å². The van der Waals surface area contributed by atoms with Gasteiger partial charge in [0.05, 0.1) is 5.52 Å². The van der Waals surface area contributed by atoms with E-state index in [1.807, 2.05) is 0 Å². The summed E-state index contributed by atoms with van der Waals surface area (Å²) in [5.74, 6) is -0.924. The average Bonchev–Trinajstić information content (AvgIpc) is 3.02. The van der Waals surface area contributed by atoms with Crippen LogP contribution in [0.15, 0.2) is 45.6 Å². The molecule has 0 fully saturated rings. The summed E-state index contributed by atoms with van der Waals surface area (Å²) >= 11 is 0. The van der Waals surface area contributed by atoms with Crippen molar-refractivity contribution >= 4 is 21.9 Å². The van der Waals surface area contributed by atoms with Gasteiger partial charge in [-0.2, -0.15) is 0 Å². The third-order valence-electron chi connectivity index (χ3n) is 4.01. The second kappa shape index (κ2) is 6.90. The Morgan fingerprint density at radius 3 is 2.85 bits per heavy atom. The standard InChI is InChI=1S/C19H14F2N2O4/c1-25-9-26-8-13-5-11-4-10(2-3-16(11)27-13)18-22-15-7-12(20)6-14(21)17(15)19(24)23-18/h2-7H,8-9H2,1H3,(H,22,23,24). The number of hydrogen-bond acceptors (Lipinski definition) is 5. The molecule has 0 unspecified atom stereocenters. The summed E-state index contributed by atoms with van der Waals surface area (Å²) in [5, 5.41) is 0.499. The first-order valence-electron chi connectivity index (χ1n) is 8.04. The number of hydrogen-bond donors (Lipinski definition) is 1. The molecule has 0 saturated carbocycles. The molecule has 0 atom stereocenters. The fourth-order valence-corrected chi connectivity index (χ4v) is 2.87. The summed E-state index contributed by atoms with van der Waals surface area (Å²) in [6.45, 7) is 0.402. The van der Waals surface area contributed by atoms with Crippen molar-refractivity contribution in [2.24, 2.45) is 0 Å². The van der Waals surface area contributed by atoms with E-state index in [-0.39, 0.29) is 30.1 Å². The summed E-state index contributed by atoms with van der Waals surface area (Å²) < 4.78 is 43.1. The number of methoxy groups -OCH3 is 1. The van der Waals surface area contributed by atoms with Crippen molar-refractivity contribution in [3.05, 3.63) is 64.1 Å². The number of aromatic amines is 1. The zero-order chi connectivity index (χ0) is 19.0. The van der Waals surface area contributed by atoms with E-state index in [1.54, 1.807) is 24.3 Å². The Labute approximate surface area is 151 Å². The van der Waals surface area contributed by atoms with Crippen LogP contribution in [0.4, 0.5) is 8.78 Å². The summed E-state index contributed by atoms with van der Waals surface area (Å²) in [4.78, 5) is 18.9. The van der Waals surface area contributed by atoms with Crippen LogP contribution in [-0.4, -0.2) is 23.9 Å². The molecule has 0 aliphatic rings. The van der Waals surface area contributed by atoms with Gasteiger partial charge >= 0.3 is 0 Å². The maximum atomic E-state index is 13.8. The first kappa shape index (κ1) is 17.3. The van der Waals surface area contributed by atoms with Gasteiger partial charge in [0.1, 0.15) is 47.6 Å². The van der Waals surface area contributed by atoms with Crippen LogP contribution < -0.4 is 5.56 Å². The van der Waals surface area contributed by atoms with Crippen LogP contribution in [0.5, 0.6) is 0 Å². The molecular weight excluding hydrogens is 358 g/mol. The largest absolute Gasteiger partial charge is 0.459 e. The van der Waals surface area contributed by atoms with Crippen molar-refractivity contribution in [1.82, 2.24) is 9.97 Å². The van der Waals surface area contributed by atoms with Crippen molar-refractivity contribution < 1.29 is 22.7 Å². The van der Waals surface area contributed by atoms with Crippen molar-refractivity contribution in [3.8, 4) is 11.4 Å². The third-order valence-corrected chi connectivity index (χ3v) is 4.01. The molecule has 0 amide bonds. The molecule has 0 spiro atoms. The normalized spacial score (nSPS) is 11.5. The Bertz CT molecular complexity index is 1200. The minimum Gasteiger partial charge on any atom is -0.459 e. The SMILES string of the molecule is COCOCc1cc2cc(-c3nc4cc(F)cc(F)c4c(=O)[nH]3)ccc2o1. The highest BCUT2D eigenvalue weighted by molar-refractivity contribution is 5.84. The quantitative estimate of drug-likeness (QED) is 0.427. The van der Waals surface area contributed by atoms with Gasteiger partial charge in [0.15, 0.2) is 0 Å². The lowest BCUT2D eigenvalue weighted by atomic mass is 10.1. The molecule has 2 aromatic heterocycles. The van der Waals surface area contributed by atoms with E-state index in [1.165, 1.54) is 7.11 Å². The first-order valence-corrected chi connectivity index (χ1v) is 8.04. The van der Waals surface area contributed by atoms with Crippen LogP contribution in [0.25, 0.3) is 33.3 Å². The van der Waals surface area contributed by atoms with Gasteiger partial charge in [-0.1, -0.05) is 0 Å². The predicted octanol–water partition coefficient (Wildman–Crippen LogP) is 3.74. The van der Waals surface area contributed by atoms with Gasteiger partial charge in [0, 0.05) is 30.2 Å². The highest BCUT2D eigenvalue weighted by Crippen LogP contribution is 2.26. The van der Waals surface area contributed by atoms with Crippen molar-refractivity contribution in [1.29, 1.82) is 0 Å². The zero-order valence-corrected chi connectivity index (χ0v) is 14.2. The van der Waals surface area contributed by atoms with E-state index >= 15 is 0 Å². The lowest BCUT2D eigenvalue weighted by Crippen LogP contribution is -2.11. The van der Waals surface area contributed by atoms with Crippen LogP contribution in [0, 0.1) is 11.6 Å². The summed E-state index contributed by atoms with van der Waals surface area (Å²) in [6.07, 6.45) is 0. The van der Waals surface area contributed by atoms with E-state index in [0.29, 0.717) is 23.0 Å². The molecular formula is C19H14F2N2O4. The lowest BCUT2D eigenvalue weighted by Gasteiger charge is -2.04. The number of nitrogens with zero attached hydrogens (tertiary/aromatic N) is 1. The van der Waals surface area contributed by atoms with Gasteiger partial charge in [0.25, 0.3) is 5.56 Å². The molecule has 4 rings (SSSR count). The van der Waals surface area contributed by atoms with Crippen LogP contribution in [-0.2, 0) is 16.1 Å². The molecule has 4 aromatic rings. The smallest absolute Gasteiger partial charge is 0.262 e. The summed E-state index contributed by atoms with van der Waals surface area (Å²) in [6, 6.07) is 8.67.